The molecule has 0 atom stereocenters. The fraction of sp³-hybridized carbons (Fsp3) is 0.174. The van der Waals surface area contributed by atoms with Crippen LogP contribution in [-0.4, -0.2) is 42.9 Å². The number of halogens is 1. The van der Waals surface area contributed by atoms with Crippen molar-refractivity contribution in [3.63, 3.8) is 0 Å². The van der Waals surface area contributed by atoms with E-state index in [0.717, 1.165) is 12.0 Å². The quantitative estimate of drug-likeness (QED) is 0.314. The zero-order chi connectivity index (χ0) is 23.9. The molecule has 11 heteroatoms. The van der Waals surface area contributed by atoms with Crippen molar-refractivity contribution in [2.45, 2.75) is 18.0 Å². The Labute approximate surface area is 197 Å². The van der Waals surface area contributed by atoms with Crippen LogP contribution in [-0.2, 0) is 17.6 Å². The molecule has 3 N–H and O–H groups in total. The molecule has 1 amide bonds. The summed E-state index contributed by atoms with van der Waals surface area (Å²) in [5.74, 6) is -0.0325. The molecule has 4 rings (SSSR count). The molecule has 0 spiro atoms. The molecule has 0 aliphatic carbocycles. The largest absolute Gasteiger partial charge is 0.355 e. The van der Waals surface area contributed by atoms with Crippen molar-refractivity contribution in [1.29, 1.82) is 0 Å². The van der Waals surface area contributed by atoms with Gasteiger partial charge in [0, 0.05) is 30.4 Å². The third-order valence-electron chi connectivity index (χ3n) is 4.86. The number of nitrogens with zero attached hydrogens (tertiary/aromatic N) is 3. The van der Waals surface area contributed by atoms with Crippen molar-refractivity contribution in [3.05, 3.63) is 104 Å². The third kappa shape index (κ3) is 6.07. The number of H-pyrrole nitrogens is 2. The maximum absolute atomic E-state index is 13.5. The zero-order valence-corrected chi connectivity index (χ0v) is 18.8. The van der Waals surface area contributed by atoms with E-state index in [4.69, 9.17) is 0 Å². The minimum Gasteiger partial charge on any atom is -0.355 e. The van der Waals surface area contributed by atoms with Gasteiger partial charge in [0.15, 0.2) is 5.16 Å². The molecule has 174 valence electrons. The molecule has 2 aromatic carbocycles. The lowest BCUT2D eigenvalue weighted by molar-refractivity contribution is -0.118. The predicted octanol–water partition coefficient (Wildman–Crippen LogP) is 1.82. The number of carbonyl (C=O) groups is 1. The molecule has 0 aliphatic heterocycles. The normalized spacial score (nSPS) is 10.9. The van der Waals surface area contributed by atoms with Crippen LogP contribution in [0.25, 0.3) is 5.69 Å². The standard InChI is InChI=1S/C23H21FN6O3S/c24-16-6-8-18(9-7-16)30-19(12-17-13-20(31)27-22(33)26-17)28-29-23(30)34-14-21(32)25-11-10-15-4-2-1-3-5-15/h1-9,13H,10-12,14H2,(H,25,32)(H2,26,27,31,33). The lowest BCUT2D eigenvalue weighted by atomic mass is 10.1. The van der Waals surface area contributed by atoms with Gasteiger partial charge in [-0.2, -0.15) is 0 Å². The van der Waals surface area contributed by atoms with Crippen LogP contribution in [0.1, 0.15) is 17.1 Å². The summed E-state index contributed by atoms with van der Waals surface area (Å²) in [4.78, 5) is 40.3. The summed E-state index contributed by atoms with van der Waals surface area (Å²) in [6.07, 6.45) is 0.828. The van der Waals surface area contributed by atoms with Gasteiger partial charge in [0.05, 0.1) is 5.75 Å². The van der Waals surface area contributed by atoms with E-state index in [-0.39, 0.29) is 18.1 Å². The highest BCUT2D eigenvalue weighted by Crippen LogP contribution is 2.23. The molecule has 0 unspecified atom stereocenters. The van der Waals surface area contributed by atoms with E-state index in [1.165, 1.54) is 30.0 Å². The van der Waals surface area contributed by atoms with Gasteiger partial charge in [0.2, 0.25) is 5.91 Å². The van der Waals surface area contributed by atoms with Gasteiger partial charge in [0.25, 0.3) is 5.56 Å². The molecular formula is C23H21FN6O3S. The van der Waals surface area contributed by atoms with Gasteiger partial charge in [-0.05, 0) is 36.2 Å². The van der Waals surface area contributed by atoms with Crippen LogP contribution in [0.5, 0.6) is 0 Å². The monoisotopic (exact) mass is 480 g/mol. The van der Waals surface area contributed by atoms with Crippen LogP contribution in [0.3, 0.4) is 0 Å². The van der Waals surface area contributed by atoms with Crippen LogP contribution in [0.4, 0.5) is 4.39 Å². The number of benzene rings is 2. The fourth-order valence-electron chi connectivity index (χ4n) is 3.31. The maximum Gasteiger partial charge on any atom is 0.325 e. The van der Waals surface area contributed by atoms with Crippen molar-refractivity contribution >= 4 is 17.7 Å². The second kappa shape index (κ2) is 10.8. The Hall–Kier alpha value is -3.99. The molecule has 2 aromatic heterocycles. The van der Waals surface area contributed by atoms with Gasteiger partial charge in [-0.3, -0.25) is 19.1 Å². The average Bonchev–Trinajstić information content (AvgIpc) is 3.20. The molecule has 34 heavy (non-hydrogen) atoms. The van der Waals surface area contributed by atoms with Crippen LogP contribution in [0, 0.1) is 5.82 Å². The summed E-state index contributed by atoms with van der Waals surface area (Å²) >= 11 is 1.18. The number of thioether (sulfide) groups is 1. The second-order valence-corrected chi connectivity index (χ2v) is 8.32. The van der Waals surface area contributed by atoms with Crippen LogP contribution in [0.15, 0.2) is 75.4 Å². The van der Waals surface area contributed by atoms with E-state index in [1.54, 1.807) is 16.7 Å². The average molecular weight is 481 g/mol. The van der Waals surface area contributed by atoms with Crippen LogP contribution in [0.2, 0.25) is 0 Å². The van der Waals surface area contributed by atoms with Gasteiger partial charge in [0.1, 0.15) is 11.6 Å². The Balaban J connectivity index is 1.49. The Morgan fingerprint density at radius 2 is 1.79 bits per heavy atom. The minimum absolute atomic E-state index is 0.105. The number of amides is 1. The highest BCUT2D eigenvalue weighted by Gasteiger charge is 2.17. The number of aromatic nitrogens is 5. The summed E-state index contributed by atoms with van der Waals surface area (Å²) in [6.45, 7) is 0.509. The molecule has 2 heterocycles. The van der Waals surface area contributed by atoms with Gasteiger partial charge in [-0.1, -0.05) is 42.1 Å². The summed E-state index contributed by atoms with van der Waals surface area (Å²) in [5.41, 5.74) is 0.903. The topological polar surface area (TPSA) is 126 Å². The van der Waals surface area contributed by atoms with E-state index in [2.05, 4.69) is 25.5 Å². The fourth-order valence-corrected chi connectivity index (χ4v) is 4.12. The van der Waals surface area contributed by atoms with Crippen molar-refractivity contribution in [3.8, 4) is 5.69 Å². The molecule has 4 aromatic rings. The second-order valence-electron chi connectivity index (χ2n) is 7.37. The van der Waals surface area contributed by atoms with Crippen molar-refractivity contribution in [2.75, 3.05) is 12.3 Å². The van der Waals surface area contributed by atoms with Crippen molar-refractivity contribution < 1.29 is 9.18 Å². The minimum atomic E-state index is -0.628. The number of rotatable bonds is 9. The molecule has 0 aliphatic rings. The first kappa shape index (κ1) is 23.2. The SMILES string of the molecule is O=C(CSc1nnc(Cc2cc(=O)[nH]c(=O)[nH]2)n1-c1ccc(F)cc1)NCCc1ccccc1. The number of aromatic amines is 2. The zero-order valence-electron chi connectivity index (χ0n) is 18.0. The molecule has 0 fully saturated rings. The van der Waals surface area contributed by atoms with E-state index < -0.39 is 17.1 Å². The Kier molecular flexibility index (Phi) is 7.33. The first-order chi connectivity index (χ1) is 16.5. The molecule has 0 bridgehead atoms. The van der Waals surface area contributed by atoms with E-state index in [9.17, 15) is 18.8 Å². The first-order valence-corrected chi connectivity index (χ1v) is 11.4. The smallest absolute Gasteiger partial charge is 0.325 e. The van der Waals surface area contributed by atoms with E-state index in [0.29, 0.717) is 28.9 Å². The number of carbonyl (C=O) groups excluding carboxylic acids is 1. The van der Waals surface area contributed by atoms with Gasteiger partial charge in [-0.25, -0.2) is 9.18 Å². The first-order valence-electron chi connectivity index (χ1n) is 10.4. The van der Waals surface area contributed by atoms with Gasteiger partial charge in [-0.15, -0.1) is 10.2 Å². The number of hydrogen-bond acceptors (Lipinski definition) is 6. The lowest BCUT2D eigenvalue weighted by Crippen LogP contribution is -2.27. The van der Waals surface area contributed by atoms with Crippen molar-refractivity contribution in [1.82, 2.24) is 30.0 Å². The summed E-state index contributed by atoms with van der Waals surface area (Å²) in [6, 6.07) is 16.8. The summed E-state index contributed by atoms with van der Waals surface area (Å²) < 4.78 is 15.2. The highest BCUT2D eigenvalue weighted by molar-refractivity contribution is 7.99. The van der Waals surface area contributed by atoms with E-state index >= 15 is 0 Å². The number of hydrogen-bond donors (Lipinski definition) is 3. The predicted molar refractivity (Wildman–Crippen MR) is 126 cm³/mol. The highest BCUT2D eigenvalue weighted by atomic mass is 32.2. The van der Waals surface area contributed by atoms with Gasteiger partial charge >= 0.3 is 5.69 Å². The Morgan fingerprint density at radius 3 is 2.53 bits per heavy atom. The van der Waals surface area contributed by atoms with Crippen molar-refractivity contribution in [2.24, 2.45) is 0 Å². The Morgan fingerprint density at radius 1 is 1.03 bits per heavy atom. The van der Waals surface area contributed by atoms with Crippen LogP contribution >= 0.6 is 11.8 Å². The lowest BCUT2D eigenvalue weighted by Gasteiger charge is -2.10. The molecule has 0 saturated heterocycles. The molecule has 0 radical (unpaired) electrons. The summed E-state index contributed by atoms with van der Waals surface area (Å²) in [7, 11) is 0. The molecule has 0 saturated carbocycles. The summed E-state index contributed by atoms with van der Waals surface area (Å²) in [5, 5.41) is 11.7. The Bertz CT molecular complexity index is 1350. The molecular weight excluding hydrogens is 459 g/mol. The van der Waals surface area contributed by atoms with Gasteiger partial charge < -0.3 is 10.3 Å². The van der Waals surface area contributed by atoms with E-state index in [1.807, 2.05) is 30.3 Å². The number of nitrogens with one attached hydrogen (secondary N) is 3. The molecule has 9 nitrogen and oxygen atoms in total. The van der Waals surface area contributed by atoms with Crippen LogP contribution < -0.4 is 16.6 Å². The maximum atomic E-state index is 13.5. The third-order valence-corrected chi connectivity index (χ3v) is 5.79.